The Bertz CT molecular complexity index is 237. The highest BCUT2D eigenvalue weighted by atomic mass is 31.2. The minimum Gasteiger partial charge on any atom is -0.329 e. The maximum atomic E-state index is 10.7. The van der Waals surface area contributed by atoms with Crippen LogP contribution in [0.3, 0.4) is 0 Å². The summed E-state index contributed by atoms with van der Waals surface area (Å²) in [5.41, 5.74) is 5.08. The molecule has 14 heavy (non-hydrogen) atoms. The van der Waals surface area contributed by atoms with Crippen molar-refractivity contribution >= 4 is 15.2 Å². The second-order valence-electron chi connectivity index (χ2n) is 2.65. The van der Waals surface area contributed by atoms with Crippen LogP contribution in [0.1, 0.15) is 0 Å². The van der Waals surface area contributed by atoms with E-state index in [1.807, 2.05) is 0 Å². The molecular formula is C4H14N2O6P2. The van der Waals surface area contributed by atoms with Crippen LogP contribution in [0.2, 0.25) is 0 Å². The van der Waals surface area contributed by atoms with E-state index in [4.69, 9.17) is 25.3 Å². The molecule has 7 N–H and O–H groups in total. The van der Waals surface area contributed by atoms with Gasteiger partial charge in [0.05, 0.1) is 0 Å². The third-order valence-corrected chi connectivity index (χ3v) is 5.15. The minimum atomic E-state index is -4.80. The summed E-state index contributed by atoms with van der Waals surface area (Å²) in [6.45, 7) is -0.0166. The van der Waals surface area contributed by atoms with Crippen LogP contribution in [0, 0.1) is 0 Å². The van der Waals surface area contributed by atoms with Crippen LogP contribution in [0.25, 0.3) is 0 Å². The lowest BCUT2D eigenvalue weighted by Crippen LogP contribution is -2.30. The molecule has 0 unspecified atom stereocenters. The Hall–Kier alpha value is 0.220. The van der Waals surface area contributed by atoms with Gasteiger partial charge in [-0.3, -0.25) is 9.13 Å². The molecule has 0 aliphatic carbocycles. The molecule has 0 fully saturated rings. The maximum absolute atomic E-state index is 10.7. The summed E-state index contributed by atoms with van der Waals surface area (Å²) in [4.78, 5) is 34.6. The summed E-state index contributed by atoms with van der Waals surface area (Å²) in [5.74, 6) is 0. The summed E-state index contributed by atoms with van der Waals surface area (Å²) >= 11 is 0. The van der Waals surface area contributed by atoms with Crippen molar-refractivity contribution in [3.63, 3.8) is 0 Å². The van der Waals surface area contributed by atoms with Gasteiger partial charge >= 0.3 is 15.2 Å². The normalized spacial score (nSPS) is 13.6. The first-order valence-electron chi connectivity index (χ1n) is 3.71. The molecule has 0 aromatic heterocycles. The summed E-state index contributed by atoms with van der Waals surface area (Å²) in [5, 5.41) is 0.440. The van der Waals surface area contributed by atoms with E-state index >= 15 is 0 Å². The fraction of sp³-hybridized carbons (Fsp3) is 1.00. The molecule has 0 radical (unpaired) electrons. The second-order valence-corrected chi connectivity index (χ2v) is 6.66. The number of hydrogen-bond acceptors (Lipinski definition) is 4. The van der Waals surface area contributed by atoms with Gasteiger partial charge in [-0.2, -0.15) is 0 Å². The lowest BCUT2D eigenvalue weighted by Gasteiger charge is -2.19. The molecule has 0 saturated heterocycles. The molecule has 0 aromatic carbocycles. The zero-order valence-electron chi connectivity index (χ0n) is 7.28. The van der Waals surface area contributed by atoms with E-state index in [1.165, 1.54) is 0 Å². The molecule has 0 aliphatic rings. The van der Waals surface area contributed by atoms with Gasteiger partial charge in [0.25, 0.3) is 0 Å². The molecule has 0 heterocycles. The van der Waals surface area contributed by atoms with Crippen molar-refractivity contribution in [2.45, 2.75) is 5.40 Å². The highest BCUT2D eigenvalue weighted by Gasteiger charge is 2.42. The van der Waals surface area contributed by atoms with Gasteiger partial charge in [0.15, 0.2) is 5.40 Å². The Morgan fingerprint density at radius 1 is 1.14 bits per heavy atom. The molecule has 0 spiro atoms. The predicted octanol–water partition coefficient (Wildman–Crippen LogP) is -1.78. The number of hydrogen-bond donors (Lipinski definition) is 6. The minimum absolute atomic E-state index is 0.217. The lowest BCUT2D eigenvalue weighted by atomic mass is 10.6. The average Bonchev–Trinajstić information content (AvgIpc) is 1.92. The van der Waals surface area contributed by atoms with Crippen molar-refractivity contribution in [1.82, 2.24) is 5.32 Å². The Morgan fingerprint density at radius 3 is 1.86 bits per heavy atom. The molecule has 0 bridgehead atoms. The smallest absolute Gasteiger partial charge is 0.329 e. The van der Waals surface area contributed by atoms with E-state index in [0.717, 1.165) is 0 Å². The molecule has 86 valence electrons. The first-order valence-corrected chi connectivity index (χ1v) is 7.07. The quantitative estimate of drug-likeness (QED) is 0.238. The predicted molar refractivity (Wildman–Crippen MR) is 49.8 cm³/mol. The topological polar surface area (TPSA) is 153 Å². The van der Waals surface area contributed by atoms with E-state index in [1.54, 1.807) is 0 Å². The van der Waals surface area contributed by atoms with E-state index in [-0.39, 0.29) is 13.1 Å². The van der Waals surface area contributed by atoms with Gasteiger partial charge in [0.1, 0.15) is 0 Å². The molecule has 10 heteroatoms. The number of rotatable bonds is 6. The molecule has 0 rings (SSSR count). The monoisotopic (exact) mass is 248 g/mol. The van der Waals surface area contributed by atoms with Crippen molar-refractivity contribution < 1.29 is 28.7 Å². The molecule has 0 aliphatic heterocycles. The van der Waals surface area contributed by atoms with Crippen LogP contribution < -0.4 is 11.1 Å². The van der Waals surface area contributed by atoms with Crippen LogP contribution in [0.5, 0.6) is 0 Å². The molecular weight excluding hydrogens is 234 g/mol. The van der Waals surface area contributed by atoms with Crippen LogP contribution >= 0.6 is 15.2 Å². The van der Waals surface area contributed by atoms with Crippen LogP contribution in [0.4, 0.5) is 0 Å². The molecule has 0 saturated carbocycles. The van der Waals surface area contributed by atoms with Crippen molar-refractivity contribution in [3.05, 3.63) is 0 Å². The van der Waals surface area contributed by atoms with Gasteiger partial charge in [-0.25, -0.2) is 0 Å². The maximum Gasteiger partial charge on any atom is 0.342 e. The second kappa shape index (κ2) is 5.34. The third kappa shape index (κ3) is 5.19. The number of nitrogens with one attached hydrogen (secondary N) is 1. The highest BCUT2D eigenvalue weighted by Crippen LogP contribution is 2.59. The van der Waals surface area contributed by atoms with Gasteiger partial charge in [-0.1, -0.05) is 0 Å². The summed E-state index contributed by atoms with van der Waals surface area (Å²) in [7, 11) is -9.61. The molecule has 0 atom stereocenters. The van der Waals surface area contributed by atoms with Crippen molar-refractivity contribution in [2.24, 2.45) is 5.73 Å². The molecule has 0 aromatic rings. The van der Waals surface area contributed by atoms with Gasteiger partial charge < -0.3 is 30.6 Å². The Labute approximate surface area is 80.8 Å². The van der Waals surface area contributed by atoms with E-state index in [0.29, 0.717) is 0 Å². The average molecular weight is 248 g/mol. The fourth-order valence-electron chi connectivity index (χ4n) is 0.767. The van der Waals surface area contributed by atoms with E-state index < -0.39 is 27.1 Å². The SMILES string of the molecule is NCCNCC(P(=O)(O)O)P(=O)(O)O. The third-order valence-electron chi connectivity index (χ3n) is 1.42. The first kappa shape index (κ1) is 14.2. The summed E-state index contributed by atoms with van der Waals surface area (Å²) in [6, 6.07) is 0. The van der Waals surface area contributed by atoms with Crippen molar-refractivity contribution in [3.8, 4) is 0 Å². The zero-order chi connectivity index (χ0) is 11.4. The Kier molecular flexibility index (Phi) is 5.43. The Morgan fingerprint density at radius 2 is 1.57 bits per heavy atom. The highest BCUT2D eigenvalue weighted by molar-refractivity contribution is 7.70. The summed E-state index contributed by atoms with van der Waals surface area (Å²) in [6.07, 6.45) is 0. The van der Waals surface area contributed by atoms with Gasteiger partial charge in [0.2, 0.25) is 0 Å². The lowest BCUT2D eigenvalue weighted by molar-refractivity contribution is 0.336. The zero-order valence-corrected chi connectivity index (χ0v) is 9.06. The van der Waals surface area contributed by atoms with Crippen LogP contribution in [0.15, 0.2) is 0 Å². The number of nitrogens with two attached hydrogens (primary N) is 1. The van der Waals surface area contributed by atoms with Crippen LogP contribution in [-0.2, 0) is 9.13 Å². The van der Waals surface area contributed by atoms with Crippen molar-refractivity contribution in [1.29, 1.82) is 0 Å². The van der Waals surface area contributed by atoms with Gasteiger partial charge in [-0.05, 0) is 0 Å². The standard InChI is InChI=1S/C4H14N2O6P2/c5-1-2-6-3-4(13(7,8)9)14(10,11)12/h4,6H,1-3,5H2,(H2,7,8,9)(H2,10,11,12). The van der Waals surface area contributed by atoms with Gasteiger partial charge in [0, 0.05) is 19.6 Å². The van der Waals surface area contributed by atoms with Gasteiger partial charge in [-0.15, -0.1) is 0 Å². The Balaban J connectivity index is 4.45. The molecule has 8 nitrogen and oxygen atoms in total. The first-order chi connectivity index (χ1) is 6.19. The van der Waals surface area contributed by atoms with E-state index in [9.17, 15) is 9.13 Å². The molecule has 0 amide bonds. The summed E-state index contributed by atoms with van der Waals surface area (Å²) < 4.78 is 21.4. The van der Waals surface area contributed by atoms with Crippen molar-refractivity contribution in [2.75, 3.05) is 19.6 Å². The fourth-order valence-corrected chi connectivity index (χ4v) is 3.07. The van der Waals surface area contributed by atoms with Crippen LogP contribution in [-0.4, -0.2) is 44.6 Å². The van der Waals surface area contributed by atoms with E-state index in [2.05, 4.69) is 5.32 Å². The largest absolute Gasteiger partial charge is 0.342 e.